The maximum atomic E-state index is 12.5. The van der Waals surface area contributed by atoms with Gasteiger partial charge in [0.25, 0.3) is 5.91 Å². The van der Waals surface area contributed by atoms with Gasteiger partial charge in [-0.15, -0.1) is 0 Å². The summed E-state index contributed by atoms with van der Waals surface area (Å²) in [7, 11) is 0. The van der Waals surface area contributed by atoms with Gasteiger partial charge in [0.15, 0.2) is 17.5 Å². The van der Waals surface area contributed by atoms with Crippen molar-refractivity contribution in [3.8, 4) is 11.5 Å². The quantitative estimate of drug-likeness (QED) is 0.775. The summed E-state index contributed by atoms with van der Waals surface area (Å²) >= 11 is 3.46. The Morgan fingerprint density at radius 2 is 1.92 bits per heavy atom. The number of hydrogen-bond acceptors (Lipinski definition) is 3. The van der Waals surface area contributed by atoms with Gasteiger partial charge < -0.3 is 20.1 Å². The molecule has 2 aromatic rings. The molecule has 0 saturated carbocycles. The zero-order valence-electron chi connectivity index (χ0n) is 14.3. The Kier molecular flexibility index (Phi) is 5.60. The van der Waals surface area contributed by atoms with Crippen molar-refractivity contribution in [3.05, 3.63) is 52.5 Å². The van der Waals surface area contributed by atoms with Crippen LogP contribution in [0.15, 0.2) is 46.9 Å². The van der Waals surface area contributed by atoms with Crippen molar-refractivity contribution in [3.63, 3.8) is 0 Å². The minimum absolute atomic E-state index is 0.0329. The molecular formula is C19H22BrN2O3+. The fourth-order valence-corrected chi connectivity index (χ4v) is 3.12. The third-order valence-electron chi connectivity index (χ3n) is 4.31. The SMILES string of the molecule is CC[C@H]([NH2+][C@@H](C)C(=O)Nc1ccc2c(c1)OCO2)c1ccc(Br)cc1. The van der Waals surface area contributed by atoms with E-state index in [1.54, 1.807) is 6.07 Å². The second-order valence-corrected chi connectivity index (χ2v) is 7.02. The zero-order chi connectivity index (χ0) is 17.8. The van der Waals surface area contributed by atoms with Crippen LogP contribution in [0.25, 0.3) is 0 Å². The van der Waals surface area contributed by atoms with Gasteiger partial charge in [0, 0.05) is 28.2 Å². The van der Waals surface area contributed by atoms with E-state index < -0.39 is 0 Å². The summed E-state index contributed by atoms with van der Waals surface area (Å²) in [6.07, 6.45) is 0.948. The number of carbonyl (C=O) groups excluding carboxylic acids is 1. The van der Waals surface area contributed by atoms with Gasteiger partial charge in [-0.2, -0.15) is 0 Å². The van der Waals surface area contributed by atoms with Gasteiger partial charge in [0.05, 0.1) is 0 Å². The van der Waals surface area contributed by atoms with Crippen LogP contribution in [0.5, 0.6) is 11.5 Å². The molecule has 1 heterocycles. The zero-order valence-corrected chi connectivity index (χ0v) is 15.9. The van der Waals surface area contributed by atoms with Crippen molar-refractivity contribution in [1.82, 2.24) is 0 Å². The van der Waals surface area contributed by atoms with Crippen molar-refractivity contribution < 1.29 is 19.6 Å². The lowest BCUT2D eigenvalue weighted by atomic mass is 10.0. The van der Waals surface area contributed by atoms with Gasteiger partial charge in [-0.25, -0.2) is 0 Å². The van der Waals surface area contributed by atoms with E-state index in [0.717, 1.165) is 10.9 Å². The van der Waals surface area contributed by atoms with Crippen LogP contribution >= 0.6 is 15.9 Å². The second-order valence-electron chi connectivity index (χ2n) is 6.10. The first-order valence-electron chi connectivity index (χ1n) is 8.37. The highest BCUT2D eigenvalue weighted by molar-refractivity contribution is 9.10. The molecule has 2 aromatic carbocycles. The molecule has 0 radical (unpaired) electrons. The highest BCUT2D eigenvalue weighted by Gasteiger charge is 2.23. The van der Waals surface area contributed by atoms with Gasteiger partial charge >= 0.3 is 0 Å². The number of rotatable bonds is 6. The molecule has 5 nitrogen and oxygen atoms in total. The van der Waals surface area contributed by atoms with Crippen molar-refractivity contribution in [2.24, 2.45) is 0 Å². The minimum atomic E-state index is -0.209. The summed E-state index contributed by atoms with van der Waals surface area (Å²) in [5, 5.41) is 5.05. The minimum Gasteiger partial charge on any atom is -0.454 e. The first-order valence-corrected chi connectivity index (χ1v) is 9.17. The number of quaternary nitrogens is 1. The summed E-state index contributed by atoms with van der Waals surface area (Å²) in [4.78, 5) is 12.5. The normalized spacial score (nSPS) is 14.8. The number of ether oxygens (including phenoxy) is 2. The fourth-order valence-electron chi connectivity index (χ4n) is 2.86. The average molecular weight is 406 g/mol. The third-order valence-corrected chi connectivity index (χ3v) is 4.84. The molecule has 1 amide bonds. The van der Waals surface area contributed by atoms with Crippen LogP contribution in [-0.2, 0) is 4.79 Å². The summed E-state index contributed by atoms with van der Waals surface area (Å²) < 4.78 is 11.7. The van der Waals surface area contributed by atoms with E-state index in [2.05, 4.69) is 45.6 Å². The molecule has 0 aromatic heterocycles. The van der Waals surface area contributed by atoms with Crippen LogP contribution < -0.4 is 20.1 Å². The van der Waals surface area contributed by atoms with Crippen molar-refractivity contribution in [2.45, 2.75) is 32.4 Å². The number of amides is 1. The number of nitrogens with one attached hydrogen (secondary N) is 1. The third kappa shape index (κ3) is 4.32. The molecule has 3 rings (SSSR count). The van der Waals surface area contributed by atoms with Gasteiger partial charge in [-0.3, -0.25) is 4.79 Å². The van der Waals surface area contributed by atoms with E-state index in [1.807, 2.05) is 31.2 Å². The first kappa shape index (κ1) is 17.8. The predicted molar refractivity (Wildman–Crippen MR) is 99.8 cm³/mol. The maximum Gasteiger partial charge on any atom is 0.282 e. The maximum absolute atomic E-state index is 12.5. The van der Waals surface area contributed by atoms with Crippen LogP contribution in [0.2, 0.25) is 0 Å². The molecule has 0 unspecified atom stereocenters. The Hall–Kier alpha value is -2.05. The topological polar surface area (TPSA) is 64.2 Å². The lowest BCUT2D eigenvalue weighted by molar-refractivity contribution is -0.713. The lowest BCUT2D eigenvalue weighted by Gasteiger charge is -2.19. The second kappa shape index (κ2) is 7.89. The molecule has 6 heteroatoms. The molecule has 1 aliphatic rings. The molecule has 25 heavy (non-hydrogen) atoms. The summed E-state index contributed by atoms with van der Waals surface area (Å²) in [5.74, 6) is 1.34. The van der Waals surface area contributed by atoms with Crippen LogP contribution in [0, 0.1) is 0 Å². The van der Waals surface area contributed by atoms with Crippen molar-refractivity contribution in [2.75, 3.05) is 12.1 Å². The van der Waals surface area contributed by atoms with Crippen molar-refractivity contribution in [1.29, 1.82) is 0 Å². The highest BCUT2D eigenvalue weighted by Crippen LogP contribution is 2.34. The Balaban J connectivity index is 1.62. The summed E-state index contributed by atoms with van der Waals surface area (Å²) in [6, 6.07) is 13.7. The van der Waals surface area contributed by atoms with Crippen LogP contribution in [-0.4, -0.2) is 18.7 Å². The molecular weight excluding hydrogens is 384 g/mol. The number of hydrogen-bond donors (Lipinski definition) is 2. The van der Waals surface area contributed by atoms with E-state index in [1.165, 1.54) is 5.56 Å². The van der Waals surface area contributed by atoms with E-state index in [9.17, 15) is 4.79 Å². The average Bonchev–Trinajstić information content (AvgIpc) is 3.08. The van der Waals surface area contributed by atoms with E-state index in [-0.39, 0.29) is 24.8 Å². The molecule has 2 atom stereocenters. The summed E-state index contributed by atoms with van der Waals surface area (Å²) in [5.41, 5.74) is 1.93. The first-order chi connectivity index (χ1) is 12.1. The standard InChI is InChI=1S/C19H21BrN2O3/c1-3-16(13-4-6-14(20)7-5-13)21-12(2)19(23)22-15-8-9-17-18(10-15)25-11-24-17/h4-10,12,16,21H,3,11H2,1-2H3,(H,22,23)/p+1/t12-,16-/m0/s1. The monoisotopic (exact) mass is 405 g/mol. The van der Waals surface area contributed by atoms with Crippen molar-refractivity contribution >= 4 is 27.5 Å². The number of carbonyl (C=O) groups is 1. The molecule has 0 aliphatic carbocycles. The number of fused-ring (bicyclic) bond motifs is 1. The van der Waals surface area contributed by atoms with Gasteiger partial charge in [-0.05, 0) is 31.2 Å². The largest absolute Gasteiger partial charge is 0.454 e. The van der Waals surface area contributed by atoms with Crippen LogP contribution in [0.3, 0.4) is 0 Å². The summed E-state index contributed by atoms with van der Waals surface area (Å²) in [6.45, 7) is 4.28. The fraction of sp³-hybridized carbons (Fsp3) is 0.316. The molecule has 0 spiro atoms. The molecule has 1 aliphatic heterocycles. The number of anilines is 1. The highest BCUT2D eigenvalue weighted by atomic mass is 79.9. The van der Waals surface area contributed by atoms with E-state index >= 15 is 0 Å². The van der Waals surface area contributed by atoms with Gasteiger partial charge in [-0.1, -0.05) is 35.0 Å². The van der Waals surface area contributed by atoms with Gasteiger partial charge in [0.1, 0.15) is 6.04 Å². The van der Waals surface area contributed by atoms with Gasteiger partial charge in [0.2, 0.25) is 6.79 Å². The van der Waals surface area contributed by atoms with E-state index in [0.29, 0.717) is 17.2 Å². The van der Waals surface area contributed by atoms with E-state index in [4.69, 9.17) is 9.47 Å². The predicted octanol–water partition coefficient (Wildman–Crippen LogP) is 3.22. The smallest absolute Gasteiger partial charge is 0.282 e. The number of nitrogens with two attached hydrogens (primary N) is 1. The van der Waals surface area contributed by atoms with Crippen LogP contribution in [0.1, 0.15) is 31.9 Å². The van der Waals surface area contributed by atoms with Crippen LogP contribution in [0.4, 0.5) is 5.69 Å². The number of benzene rings is 2. The Bertz CT molecular complexity index is 749. The lowest BCUT2D eigenvalue weighted by Crippen LogP contribution is -2.92. The molecule has 3 N–H and O–H groups in total. The Labute approximate surface area is 155 Å². The Morgan fingerprint density at radius 1 is 1.20 bits per heavy atom. The molecule has 132 valence electrons. The number of halogens is 1. The molecule has 0 saturated heterocycles. The molecule has 0 bridgehead atoms. The Morgan fingerprint density at radius 3 is 2.64 bits per heavy atom. The molecule has 0 fully saturated rings.